The number of ether oxygens (including phenoxy) is 7. The molecule has 10 heteroatoms. The summed E-state index contributed by atoms with van der Waals surface area (Å²) in [5.41, 5.74) is 4.00. The maximum atomic E-state index is 12.9. The molecular formula is C50H46O10. The van der Waals surface area contributed by atoms with Gasteiger partial charge < -0.3 is 42.7 Å². The lowest BCUT2D eigenvalue weighted by Crippen LogP contribution is -2.62. The Morgan fingerprint density at radius 1 is 0.517 bits per heavy atom. The van der Waals surface area contributed by atoms with E-state index in [1.165, 1.54) is 0 Å². The Morgan fingerprint density at radius 2 is 0.983 bits per heavy atom. The van der Waals surface area contributed by atoms with Crippen LogP contribution in [-0.4, -0.2) is 42.4 Å². The maximum absolute atomic E-state index is 12.9. The summed E-state index contributed by atoms with van der Waals surface area (Å²) in [6.45, 7) is 1.42. The molecule has 7 aromatic rings. The van der Waals surface area contributed by atoms with E-state index < -0.39 is 42.1 Å². The minimum Gasteiger partial charge on any atom is -0.499 e. The van der Waals surface area contributed by atoms with Crippen molar-refractivity contribution in [3.05, 3.63) is 208 Å². The molecule has 0 bridgehead atoms. The van der Waals surface area contributed by atoms with Crippen LogP contribution < -0.4 is 15.1 Å². The molecule has 1 aliphatic heterocycles. The van der Waals surface area contributed by atoms with Crippen molar-refractivity contribution in [3.63, 3.8) is 0 Å². The van der Waals surface area contributed by atoms with Gasteiger partial charge in [-0.3, -0.25) is 0 Å². The highest BCUT2D eigenvalue weighted by Crippen LogP contribution is 2.37. The molecule has 1 N–H and O–H groups in total. The van der Waals surface area contributed by atoms with Gasteiger partial charge in [0, 0.05) is 6.07 Å². The summed E-state index contributed by atoms with van der Waals surface area (Å²) in [6, 6.07) is 54.0. The van der Waals surface area contributed by atoms with Gasteiger partial charge in [0.1, 0.15) is 42.4 Å². The Kier molecular flexibility index (Phi) is 13.6. The van der Waals surface area contributed by atoms with Crippen LogP contribution in [0.25, 0.3) is 11.0 Å². The van der Waals surface area contributed by atoms with Gasteiger partial charge in [-0.25, -0.2) is 4.79 Å². The van der Waals surface area contributed by atoms with Gasteiger partial charge in [0.05, 0.1) is 38.4 Å². The van der Waals surface area contributed by atoms with E-state index >= 15 is 0 Å². The smallest absolute Gasteiger partial charge is 0.382 e. The highest BCUT2D eigenvalue weighted by atomic mass is 16.7. The van der Waals surface area contributed by atoms with E-state index in [0.29, 0.717) is 17.7 Å². The van der Waals surface area contributed by atoms with E-state index in [2.05, 4.69) is 0 Å². The van der Waals surface area contributed by atoms with E-state index in [4.69, 9.17) is 37.6 Å². The second-order valence-electron chi connectivity index (χ2n) is 14.4. The second kappa shape index (κ2) is 20.1. The third-order valence-electron chi connectivity index (χ3n) is 10.1. The Hall–Kier alpha value is -6.27. The van der Waals surface area contributed by atoms with Gasteiger partial charge in [-0.1, -0.05) is 152 Å². The molecule has 1 aliphatic rings. The van der Waals surface area contributed by atoms with Crippen LogP contribution in [0.4, 0.5) is 0 Å². The predicted octanol–water partition coefficient (Wildman–Crippen LogP) is 9.15. The van der Waals surface area contributed by atoms with Gasteiger partial charge >= 0.3 is 5.63 Å². The first-order valence-corrected chi connectivity index (χ1v) is 19.9. The van der Waals surface area contributed by atoms with Gasteiger partial charge in [0.2, 0.25) is 12.0 Å². The lowest BCUT2D eigenvalue weighted by atomic mass is 9.97. The number of hydrogen-bond donors (Lipinski definition) is 1. The van der Waals surface area contributed by atoms with Crippen molar-refractivity contribution >= 4 is 11.0 Å². The summed E-state index contributed by atoms with van der Waals surface area (Å²) in [5.74, 6) is -0.286. The highest BCUT2D eigenvalue weighted by molar-refractivity contribution is 5.86. The molecule has 0 aliphatic carbocycles. The first-order valence-electron chi connectivity index (χ1n) is 19.9. The molecule has 0 spiro atoms. The van der Waals surface area contributed by atoms with E-state index in [1.807, 2.05) is 152 Å². The number of aromatic hydroxyl groups is 1. The molecule has 10 nitrogen and oxygen atoms in total. The summed E-state index contributed by atoms with van der Waals surface area (Å²) in [6.07, 6.45) is -3.92. The molecule has 60 heavy (non-hydrogen) atoms. The third kappa shape index (κ3) is 10.5. The number of rotatable bonds is 18. The first kappa shape index (κ1) is 40.5. The number of benzene rings is 6. The topological polar surface area (TPSA) is 115 Å². The summed E-state index contributed by atoms with van der Waals surface area (Å²) in [7, 11) is 0. The maximum Gasteiger partial charge on any atom is 0.382 e. The first-order chi connectivity index (χ1) is 29.6. The van der Waals surface area contributed by atoms with Crippen molar-refractivity contribution in [2.75, 3.05) is 6.61 Å². The highest BCUT2D eigenvalue weighted by Gasteiger charge is 2.50. The van der Waals surface area contributed by atoms with Crippen LogP contribution in [0.1, 0.15) is 27.8 Å². The lowest BCUT2D eigenvalue weighted by Gasteiger charge is -2.45. The third-order valence-corrected chi connectivity index (χ3v) is 10.1. The van der Waals surface area contributed by atoms with Crippen LogP contribution in [-0.2, 0) is 56.7 Å². The van der Waals surface area contributed by atoms with Crippen LogP contribution >= 0.6 is 0 Å². The fourth-order valence-corrected chi connectivity index (χ4v) is 7.07. The molecule has 8 rings (SSSR count). The Balaban J connectivity index is 1.13. The monoisotopic (exact) mass is 806 g/mol. The largest absolute Gasteiger partial charge is 0.499 e. The van der Waals surface area contributed by atoms with Gasteiger partial charge in [-0.15, -0.1) is 0 Å². The van der Waals surface area contributed by atoms with E-state index in [0.717, 1.165) is 27.8 Å². The molecule has 1 aromatic heterocycles. The average molecular weight is 807 g/mol. The fraction of sp³-hybridized carbons (Fsp3) is 0.220. The number of hydrogen-bond acceptors (Lipinski definition) is 10. The lowest BCUT2D eigenvalue weighted by molar-refractivity contribution is -0.310. The minimum atomic E-state index is -1.05. The van der Waals surface area contributed by atoms with Crippen molar-refractivity contribution < 1.29 is 42.7 Å². The fourth-order valence-electron chi connectivity index (χ4n) is 7.07. The summed E-state index contributed by atoms with van der Waals surface area (Å²) in [5, 5.41) is 11.1. The van der Waals surface area contributed by atoms with Crippen molar-refractivity contribution in [2.24, 2.45) is 0 Å². The number of fused-ring (bicyclic) bond motifs is 1. The zero-order valence-corrected chi connectivity index (χ0v) is 32.9. The van der Waals surface area contributed by atoms with E-state index in [-0.39, 0.29) is 44.4 Å². The van der Waals surface area contributed by atoms with Crippen LogP contribution in [0.5, 0.6) is 17.2 Å². The van der Waals surface area contributed by atoms with Gasteiger partial charge in [0.25, 0.3) is 0 Å². The summed E-state index contributed by atoms with van der Waals surface area (Å²) >= 11 is 0. The van der Waals surface area contributed by atoms with Gasteiger partial charge in [-0.05, 0) is 39.9 Å². The van der Waals surface area contributed by atoms with Crippen molar-refractivity contribution in [3.8, 4) is 17.2 Å². The van der Waals surface area contributed by atoms with E-state index in [1.54, 1.807) is 18.2 Å². The molecule has 5 atom stereocenters. The van der Waals surface area contributed by atoms with Crippen molar-refractivity contribution in [1.82, 2.24) is 0 Å². The summed E-state index contributed by atoms with van der Waals surface area (Å²) < 4.78 is 51.8. The molecule has 6 aromatic carbocycles. The molecular weight excluding hydrogens is 761 g/mol. The van der Waals surface area contributed by atoms with Crippen molar-refractivity contribution in [2.45, 2.75) is 63.7 Å². The SMILES string of the molecule is O=c1oc2cc(O[C@@H]3O[C@H](COCc4ccccc4)[C@@H](OCc4ccccc4)[C@H](OCc4ccccc4)[C@H]3OCc3ccccc3)ccc2c(OCc2ccccc2)c1O. The standard InChI is InChI=1S/C50H46O10/c51-44-45(54-30-36-18-8-2-9-19-36)41-27-26-40(28-42(41)59-49(44)52)58-50-48(57-33-39-24-14-5-15-25-39)47(56-32-38-22-12-4-13-23-38)46(55-31-37-20-10-3-11-21-37)43(60-50)34-53-29-35-16-6-1-7-17-35/h1-28,43,46-48,50-51H,29-34H2/t43-,46-,47+,48-,50-/m1/s1. The van der Waals surface area contributed by atoms with Crippen LogP contribution in [0.2, 0.25) is 0 Å². The summed E-state index contributed by atoms with van der Waals surface area (Å²) in [4.78, 5) is 12.9. The Morgan fingerprint density at radius 3 is 1.52 bits per heavy atom. The Labute approximate surface area is 348 Å². The van der Waals surface area contributed by atoms with E-state index in [9.17, 15) is 9.90 Å². The molecule has 0 radical (unpaired) electrons. The molecule has 1 saturated heterocycles. The van der Waals surface area contributed by atoms with Crippen LogP contribution in [0, 0.1) is 0 Å². The Bertz CT molecular complexity index is 2430. The molecule has 0 unspecified atom stereocenters. The van der Waals surface area contributed by atoms with Crippen LogP contribution in [0.15, 0.2) is 179 Å². The average Bonchev–Trinajstić information content (AvgIpc) is 3.29. The zero-order chi connectivity index (χ0) is 40.9. The van der Waals surface area contributed by atoms with Gasteiger partial charge in [-0.2, -0.15) is 0 Å². The normalized spacial score (nSPS) is 18.9. The van der Waals surface area contributed by atoms with Crippen molar-refractivity contribution in [1.29, 1.82) is 0 Å². The second-order valence-corrected chi connectivity index (χ2v) is 14.4. The quantitative estimate of drug-likeness (QED) is 0.0843. The molecule has 306 valence electrons. The molecule has 0 saturated carbocycles. The van der Waals surface area contributed by atoms with Gasteiger partial charge in [0.15, 0.2) is 5.75 Å². The molecule has 0 amide bonds. The zero-order valence-electron chi connectivity index (χ0n) is 32.9. The minimum absolute atomic E-state index is 0.0121. The predicted molar refractivity (Wildman–Crippen MR) is 225 cm³/mol. The molecule has 1 fully saturated rings. The molecule has 2 heterocycles. The van der Waals surface area contributed by atoms with Crippen LogP contribution in [0.3, 0.4) is 0 Å².